The molecule has 0 unspecified atom stereocenters. The number of benzene rings is 2. The molecule has 0 saturated heterocycles. The number of carbonyl (C=O) groups is 1. The molecule has 0 aliphatic carbocycles. The highest BCUT2D eigenvalue weighted by atomic mass is 19.4. The minimum Gasteiger partial charge on any atom is -0.489 e. The Morgan fingerprint density at radius 2 is 1.14 bits per heavy atom. The van der Waals surface area contributed by atoms with E-state index in [-0.39, 0.29) is 12.4 Å². The van der Waals surface area contributed by atoms with Crippen LogP contribution in [0.5, 0.6) is 5.75 Å². The van der Waals surface area contributed by atoms with E-state index in [9.17, 15) is 44.3 Å². The van der Waals surface area contributed by atoms with E-state index in [2.05, 4.69) is 0 Å². The van der Waals surface area contributed by atoms with Gasteiger partial charge in [-0.3, -0.25) is 4.79 Å². The molecule has 0 radical (unpaired) electrons. The van der Waals surface area contributed by atoms with Crippen LogP contribution in [0.25, 0.3) is 0 Å². The van der Waals surface area contributed by atoms with Gasteiger partial charge < -0.3 is 4.74 Å². The van der Waals surface area contributed by atoms with E-state index < -0.39 is 58.7 Å². The van der Waals surface area contributed by atoms with Gasteiger partial charge in [0.05, 0.1) is 16.7 Å². The van der Waals surface area contributed by atoms with Crippen LogP contribution in [0.4, 0.5) is 39.5 Å². The summed E-state index contributed by atoms with van der Waals surface area (Å²) in [6, 6.07) is 2.57. The van der Waals surface area contributed by atoms with Gasteiger partial charge in [-0.1, -0.05) is 0 Å². The van der Waals surface area contributed by atoms with Crippen LogP contribution in [0.15, 0.2) is 36.4 Å². The number of halogens is 9. The van der Waals surface area contributed by atoms with E-state index in [0.29, 0.717) is 24.3 Å². The molecule has 0 amide bonds. The van der Waals surface area contributed by atoms with Gasteiger partial charge in [-0.05, 0) is 42.0 Å². The summed E-state index contributed by atoms with van der Waals surface area (Å²) in [4.78, 5) is 10.7. The second-order valence-electron chi connectivity index (χ2n) is 5.61. The molecule has 0 spiro atoms. The Bertz CT molecular complexity index is 832. The van der Waals surface area contributed by atoms with Crippen LogP contribution < -0.4 is 4.74 Å². The Kier molecular flexibility index (Phi) is 5.67. The predicted molar refractivity (Wildman–Crippen MR) is 77.6 cm³/mol. The normalized spacial score (nSPS) is 12.8. The first kappa shape index (κ1) is 21.6. The smallest absolute Gasteiger partial charge is 0.416 e. The highest BCUT2D eigenvalue weighted by Gasteiger charge is 2.37. The third-order valence-corrected chi connectivity index (χ3v) is 3.45. The molecule has 0 fully saturated rings. The molecule has 0 bridgehead atoms. The highest BCUT2D eigenvalue weighted by molar-refractivity contribution is 5.76. The zero-order chi connectivity index (χ0) is 21.3. The van der Waals surface area contributed by atoms with Gasteiger partial charge in [-0.2, -0.15) is 39.5 Å². The van der Waals surface area contributed by atoms with Crippen molar-refractivity contribution in [3.05, 3.63) is 64.2 Å². The lowest BCUT2D eigenvalue weighted by Crippen LogP contribution is -2.12. The van der Waals surface area contributed by atoms with Crippen molar-refractivity contribution in [3.8, 4) is 5.75 Å². The molecule has 0 aromatic heterocycles. The Labute approximate surface area is 151 Å². The predicted octanol–water partition coefficient (Wildman–Crippen LogP) is 6.13. The Hall–Kier alpha value is -2.72. The molecule has 0 aliphatic rings. The maximum absolute atomic E-state index is 12.8. The Morgan fingerprint density at radius 1 is 0.679 bits per heavy atom. The van der Waals surface area contributed by atoms with Crippen LogP contribution >= 0.6 is 0 Å². The molecule has 152 valence electrons. The number of rotatable bonds is 4. The summed E-state index contributed by atoms with van der Waals surface area (Å²) in [5, 5.41) is 0. The lowest BCUT2D eigenvalue weighted by Gasteiger charge is -2.15. The maximum atomic E-state index is 12.8. The zero-order valence-corrected chi connectivity index (χ0v) is 13.5. The number of alkyl halides is 9. The third kappa shape index (κ3) is 5.40. The molecule has 2 aromatic carbocycles. The van der Waals surface area contributed by atoms with Gasteiger partial charge in [0.2, 0.25) is 0 Å². The molecule has 0 heterocycles. The number of aldehydes is 1. The van der Waals surface area contributed by atoms with Gasteiger partial charge in [0.1, 0.15) is 18.6 Å². The van der Waals surface area contributed by atoms with E-state index in [1.165, 1.54) is 0 Å². The summed E-state index contributed by atoms with van der Waals surface area (Å²) in [6.45, 7) is -0.882. The quantitative estimate of drug-likeness (QED) is 0.443. The summed E-state index contributed by atoms with van der Waals surface area (Å²) in [7, 11) is 0. The molecule has 0 aliphatic heterocycles. The van der Waals surface area contributed by atoms with Crippen LogP contribution in [0.3, 0.4) is 0 Å². The van der Waals surface area contributed by atoms with E-state index in [0.717, 1.165) is 6.07 Å². The van der Waals surface area contributed by atoms with E-state index in [4.69, 9.17) is 4.74 Å². The molecular weight excluding hydrogens is 407 g/mol. The molecule has 2 aromatic rings. The van der Waals surface area contributed by atoms with Crippen molar-refractivity contribution in [2.24, 2.45) is 0 Å². The van der Waals surface area contributed by atoms with Crippen molar-refractivity contribution in [1.29, 1.82) is 0 Å². The topological polar surface area (TPSA) is 26.3 Å². The fraction of sp³-hybridized carbons (Fsp3) is 0.235. The molecule has 28 heavy (non-hydrogen) atoms. The first-order valence-electron chi connectivity index (χ1n) is 7.29. The largest absolute Gasteiger partial charge is 0.489 e. The van der Waals surface area contributed by atoms with Gasteiger partial charge >= 0.3 is 18.5 Å². The van der Waals surface area contributed by atoms with Crippen molar-refractivity contribution in [2.45, 2.75) is 25.1 Å². The molecule has 11 heteroatoms. The van der Waals surface area contributed by atoms with E-state index in [1.54, 1.807) is 0 Å². The van der Waals surface area contributed by atoms with E-state index in [1.807, 2.05) is 0 Å². The van der Waals surface area contributed by atoms with Crippen molar-refractivity contribution in [3.63, 3.8) is 0 Å². The lowest BCUT2D eigenvalue weighted by molar-refractivity contribution is -0.143. The van der Waals surface area contributed by atoms with Crippen LogP contribution in [-0.2, 0) is 25.1 Å². The minimum atomic E-state index is -5.07. The molecular formula is C17H9F9O2. The Balaban J connectivity index is 2.38. The highest BCUT2D eigenvalue weighted by Crippen LogP contribution is 2.37. The molecule has 0 saturated carbocycles. The minimum absolute atomic E-state index is 0.0850. The van der Waals surface area contributed by atoms with E-state index >= 15 is 0 Å². The lowest BCUT2D eigenvalue weighted by atomic mass is 10.1. The van der Waals surface area contributed by atoms with Crippen LogP contribution in [0.1, 0.15) is 32.6 Å². The van der Waals surface area contributed by atoms with Crippen molar-refractivity contribution >= 4 is 6.29 Å². The van der Waals surface area contributed by atoms with Crippen LogP contribution in [0.2, 0.25) is 0 Å². The van der Waals surface area contributed by atoms with Crippen molar-refractivity contribution in [2.75, 3.05) is 0 Å². The number of hydrogen-bond donors (Lipinski definition) is 0. The molecule has 2 rings (SSSR count). The van der Waals surface area contributed by atoms with Gasteiger partial charge in [0, 0.05) is 5.56 Å². The fourth-order valence-electron chi connectivity index (χ4n) is 2.21. The summed E-state index contributed by atoms with van der Waals surface area (Å²) in [5.41, 5.74) is -5.42. The molecule has 0 N–H and O–H groups in total. The van der Waals surface area contributed by atoms with Crippen molar-refractivity contribution < 1.29 is 49.0 Å². The number of ether oxygens (including phenoxy) is 1. The summed E-state index contributed by atoms with van der Waals surface area (Å²) in [5.74, 6) is -0.539. The molecule has 0 atom stereocenters. The number of carbonyl (C=O) groups excluding carboxylic acids is 1. The van der Waals surface area contributed by atoms with Gasteiger partial charge in [-0.25, -0.2) is 0 Å². The first-order chi connectivity index (χ1) is 12.7. The SMILES string of the molecule is O=Cc1cc(OCc2cc(C(F)(F)F)cc(C(F)(F)F)c2)cc(C(F)(F)F)c1. The second-order valence-corrected chi connectivity index (χ2v) is 5.61. The molecule has 2 nitrogen and oxygen atoms in total. The van der Waals surface area contributed by atoms with Gasteiger partial charge in [-0.15, -0.1) is 0 Å². The average Bonchev–Trinajstić information content (AvgIpc) is 2.57. The maximum Gasteiger partial charge on any atom is 0.416 e. The van der Waals surface area contributed by atoms with Crippen LogP contribution in [-0.4, -0.2) is 6.29 Å². The number of hydrogen-bond acceptors (Lipinski definition) is 2. The summed E-state index contributed by atoms with van der Waals surface area (Å²) in [6.07, 6.45) is -14.9. The standard InChI is InChI=1S/C17H9F9O2/c18-15(19,20)11-2-10(3-12(5-11)16(21,22)23)8-28-14-4-9(7-27)1-13(6-14)17(24,25)26/h1-7H,8H2. The van der Waals surface area contributed by atoms with Crippen LogP contribution in [0, 0.1) is 0 Å². The summed E-state index contributed by atoms with van der Waals surface area (Å²) >= 11 is 0. The first-order valence-corrected chi connectivity index (χ1v) is 7.29. The monoisotopic (exact) mass is 416 g/mol. The third-order valence-electron chi connectivity index (χ3n) is 3.45. The van der Waals surface area contributed by atoms with Gasteiger partial charge in [0.25, 0.3) is 0 Å². The average molecular weight is 416 g/mol. The second kappa shape index (κ2) is 7.36. The van der Waals surface area contributed by atoms with Gasteiger partial charge in [0.15, 0.2) is 0 Å². The Morgan fingerprint density at radius 3 is 1.57 bits per heavy atom. The fourth-order valence-corrected chi connectivity index (χ4v) is 2.21. The van der Waals surface area contributed by atoms with Crippen molar-refractivity contribution in [1.82, 2.24) is 0 Å². The zero-order valence-electron chi connectivity index (χ0n) is 13.5. The summed E-state index contributed by atoms with van der Waals surface area (Å²) < 4.78 is 120.